The van der Waals surface area contributed by atoms with Crippen LogP contribution in [0.25, 0.3) is 5.57 Å². The minimum Gasteiger partial charge on any atom is -0.102 e. The van der Waals surface area contributed by atoms with Crippen molar-refractivity contribution in [1.29, 1.82) is 0 Å². The van der Waals surface area contributed by atoms with Crippen LogP contribution in [0, 0.1) is 10.8 Å². The largest absolute Gasteiger partial charge is 0.102 e. The zero-order valence-electron chi connectivity index (χ0n) is 13.6. The van der Waals surface area contributed by atoms with Gasteiger partial charge in [0.15, 0.2) is 0 Å². The first-order valence-corrected chi connectivity index (χ1v) is 8.18. The Morgan fingerprint density at radius 1 is 1.10 bits per heavy atom. The monoisotopic (exact) mass is 280 g/mol. The van der Waals surface area contributed by atoms with Gasteiger partial charge >= 0.3 is 0 Å². The summed E-state index contributed by atoms with van der Waals surface area (Å²) in [6.07, 6.45) is 12.7. The lowest BCUT2D eigenvalue weighted by atomic mass is 9.58. The van der Waals surface area contributed by atoms with Crippen LogP contribution in [0.4, 0.5) is 0 Å². The molecule has 0 nitrogen and oxygen atoms in total. The van der Waals surface area contributed by atoms with E-state index in [2.05, 4.69) is 75.6 Å². The molecule has 112 valence electrons. The molecule has 1 aromatic rings. The third-order valence-corrected chi connectivity index (χ3v) is 5.25. The number of hydrogen-bond acceptors (Lipinski definition) is 0. The van der Waals surface area contributed by atoms with Gasteiger partial charge in [0.1, 0.15) is 0 Å². The van der Waals surface area contributed by atoms with Crippen LogP contribution in [0.1, 0.15) is 51.5 Å². The van der Waals surface area contributed by atoms with Crippen molar-refractivity contribution < 1.29 is 0 Å². The molecule has 0 N–H and O–H groups in total. The quantitative estimate of drug-likeness (QED) is 0.527. The van der Waals surface area contributed by atoms with E-state index in [4.69, 9.17) is 0 Å². The summed E-state index contributed by atoms with van der Waals surface area (Å²) < 4.78 is 0. The fourth-order valence-electron chi connectivity index (χ4n) is 3.92. The fourth-order valence-corrected chi connectivity index (χ4v) is 3.92. The van der Waals surface area contributed by atoms with E-state index in [9.17, 15) is 0 Å². The highest BCUT2D eigenvalue weighted by Gasteiger charge is 2.41. The molecular formula is C21H28. The number of benzene rings is 1. The van der Waals surface area contributed by atoms with E-state index in [0.717, 1.165) is 6.42 Å². The summed E-state index contributed by atoms with van der Waals surface area (Å²) in [5, 5.41) is 0. The molecule has 1 aliphatic rings. The third kappa shape index (κ3) is 2.90. The van der Waals surface area contributed by atoms with Crippen LogP contribution in [0.2, 0.25) is 0 Å². The van der Waals surface area contributed by atoms with Crippen molar-refractivity contribution in [2.45, 2.75) is 46.0 Å². The van der Waals surface area contributed by atoms with Crippen LogP contribution in [-0.2, 0) is 0 Å². The van der Waals surface area contributed by atoms with Crippen LogP contribution < -0.4 is 0 Å². The van der Waals surface area contributed by atoms with Crippen molar-refractivity contribution in [3.8, 4) is 0 Å². The standard InChI is InChI=1S/C21H28/c1-5-15-20(6-2)16-14-19(18-12-10-9-11-13-18)21(7-3,8-4)17-20/h7-14H,3-6,15-17H2,1-2H3. The number of rotatable bonds is 6. The highest BCUT2D eigenvalue weighted by Crippen LogP contribution is 2.54. The lowest BCUT2D eigenvalue weighted by Gasteiger charge is -2.45. The van der Waals surface area contributed by atoms with Crippen LogP contribution >= 0.6 is 0 Å². The zero-order chi connectivity index (χ0) is 15.3. The maximum atomic E-state index is 4.15. The first-order valence-electron chi connectivity index (χ1n) is 8.18. The second kappa shape index (κ2) is 6.47. The molecular weight excluding hydrogens is 252 g/mol. The van der Waals surface area contributed by atoms with Gasteiger partial charge in [0.05, 0.1) is 0 Å². The second-order valence-electron chi connectivity index (χ2n) is 6.42. The predicted molar refractivity (Wildman–Crippen MR) is 94.1 cm³/mol. The summed E-state index contributed by atoms with van der Waals surface area (Å²) in [7, 11) is 0. The Kier molecular flexibility index (Phi) is 4.88. The van der Waals surface area contributed by atoms with Crippen molar-refractivity contribution in [3.05, 3.63) is 67.3 Å². The third-order valence-electron chi connectivity index (χ3n) is 5.25. The van der Waals surface area contributed by atoms with Crippen molar-refractivity contribution in [3.63, 3.8) is 0 Å². The molecule has 21 heavy (non-hydrogen) atoms. The summed E-state index contributed by atoms with van der Waals surface area (Å²) in [6.45, 7) is 12.9. The average molecular weight is 280 g/mol. The highest BCUT2D eigenvalue weighted by atomic mass is 14.5. The summed E-state index contributed by atoms with van der Waals surface area (Å²) >= 11 is 0. The number of allylic oxidation sites excluding steroid dienone is 4. The van der Waals surface area contributed by atoms with Crippen LogP contribution in [0.5, 0.6) is 0 Å². The van der Waals surface area contributed by atoms with Crippen LogP contribution in [0.15, 0.2) is 61.7 Å². The Morgan fingerprint density at radius 2 is 1.76 bits per heavy atom. The van der Waals surface area contributed by atoms with Crippen molar-refractivity contribution in [1.82, 2.24) is 0 Å². The minimum atomic E-state index is -0.0925. The van der Waals surface area contributed by atoms with E-state index in [1.165, 1.54) is 36.8 Å². The van der Waals surface area contributed by atoms with E-state index in [1.54, 1.807) is 0 Å². The fraction of sp³-hybridized carbons (Fsp3) is 0.429. The first-order chi connectivity index (χ1) is 10.2. The van der Waals surface area contributed by atoms with Crippen molar-refractivity contribution >= 4 is 5.57 Å². The zero-order valence-corrected chi connectivity index (χ0v) is 13.6. The Hall–Kier alpha value is -1.56. The van der Waals surface area contributed by atoms with Gasteiger partial charge in [-0.3, -0.25) is 0 Å². The van der Waals surface area contributed by atoms with Gasteiger partial charge in [0.25, 0.3) is 0 Å². The molecule has 0 spiro atoms. The lowest BCUT2D eigenvalue weighted by Crippen LogP contribution is -2.33. The molecule has 0 heterocycles. The highest BCUT2D eigenvalue weighted by molar-refractivity contribution is 5.75. The second-order valence-corrected chi connectivity index (χ2v) is 6.42. The molecule has 0 heteroatoms. The molecule has 0 fully saturated rings. The van der Waals surface area contributed by atoms with Gasteiger partial charge < -0.3 is 0 Å². The minimum absolute atomic E-state index is 0.0925. The molecule has 1 unspecified atom stereocenters. The normalized spacial score (nSPS) is 24.2. The molecule has 0 aliphatic heterocycles. The Morgan fingerprint density at radius 3 is 2.29 bits per heavy atom. The molecule has 1 atom stereocenters. The van der Waals surface area contributed by atoms with Crippen molar-refractivity contribution in [2.24, 2.45) is 10.8 Å². The summed E-state index contributed by atoms with van der Waals surface area (Å²) in [5.74, 6) is 0. The van der Waals surface area contributed by atoms with E-state index in [1.807, 2.05) is 0 Å². The maximum Gasteiger partial charge on any atom is 0.0315 e. The molecule has 0 saturated carbocycles. The first kappa shape index (κ1) is 15.8. The van der Waals surface area contributed by atoms with E-state index >= 15 is 0 Å². The molecule has 0 radical (unpaired) electrons. The van der Waals surface area contributed by atoms with Gasteiger partial charge in [-0.1, -0.05) is 75.2 Å². The topological polar surface area (TPSA) is 0 Å². The molecule has 1 aliphatic carbocycles. The SMILES string of the molecule is C=CC1(C=C)CC(CC)(CCC)CC=C1c1ccccc1. The van der Waals surface area contributed by atoms with Gasteiger partial charge in [-0.2, -0.15) is 0 Å². The van der Waals surface area contributed by atoms with Gasteiger partial charge in [-0.15, -0.1) is 13.2 Å². The Labute approximate surface area is 130 Å². The van der Waals surface area contributed by atoms with Crippen LogP contribution in [0.3, 0.4) is 0 Å². The van der Waals surface area contributed by atoms with E-state index in [0.29, 0.717) is 5.41 Å². The molecule has 0 saturated heterocycles. The lowest BCUT2D eigenvalue weighted by molar-refractivity contribution is 0.185. The maximum absolute atomic E-state index is 4.15. The predicted octanol–water partition coefficient (Wildman–Crippen LogP) is 6.42. The van der Waals surface area contributed by atoms with Gasteiger partial charge in [0, 0.05) is 5.41 Å². The Balaban J connectivity index is 2.49. The van der Waals surface area contributed by atoms with Crippen molar-refractivity contribution in [2.75, 3.05) is 0 Å². The smallest absolute Gasteiger partial charge is 0.0315 e. The summed E-state index contributed by atoms with van der Waals surface area (Å²) in [6, 6.07) is 10.7. The molecule has 0 bridgehead atoms. The van der Waals surface area contributed by atoms with Gasteiger partial charge in [0.2, 0.25) is 0 Å². The van der Waals surface area contributed by atoms with Gasteiger partial charge in [-0.05, 0) is 35.8 Å². The average Bonchev–Trinajstić information content (AvgIpc) is 2.55. The molecule has 0 amide bonds. The van der Waals surface area contributed by atoms with Gasteiger partial charge in [-0.25, -0.2) is 0 Å². The molecule has 0 aromatic heterocycles. The van der Waals surface area contributed by atoms with E-state index in [-0.39, 0.29) is 5.41 Å². The molecule has 2 rings (SSSR count). The molecule has 1 aromatic carbocycles. The number of hydrogen-bond donors (Lipinski definition) is 0. The Bertz CT molecular complexity index is 512. The van der Waals surface area contributed by atoms with Crippen LogP contribution in [-0.4, -0.2) is 0 Å². The summed E-state index contributed by atoms with van der Waals surface area (Å²) in [5.41, 5.74) is 2.99. The van der Waals surface area contributed by atoms with E-state index < -0.39 is 0 Å². The summed E-state index contributed by atoms with van der Waals surface area (Å²) in [4.78, 5) is 0.